The van der Waals surface area contributed by atoms with Crippen LogP contribution in [0.3, 0.4) is 0 Å². The van der Waals surface area contributed by atoms with Crippen molar-refractivity contribution in [3.63, 3.8) is 0 Å². The third-order valence-corrected chi connectivity index (χ3v) is 13.5. The van der Waals surface area contributed by atoms with Crippen LogP contribution in [-0.2, 0) is 28.5 Å². The number of nitrogens with one attached hydrogen (secondary N) is 1. The largest absolute Gasteiger partial charge is 0.455 e. The van der Waals surface area contributed by atoms with Gasteiger partial charge in [-0.05, 0) is 47.9 Å². The van der Waals surface area contributed by atoms with E-state index in [0.717, 1.165) is 6.92 Å². The molecule has 1 heterocycles. The lowest BCUT2D eigenvalue weighted by molar-refractivity contribution is -0.370. The fourth-order valence-electron chi connectivity index (χ4n) is 10.3. The highest BCUT2D eigenvalue weighted by Crippen LogP contribution is 2.65. The number of aliphatic hydroxyl groups excluding tert-OH is 5. The molecule has 1 saturated heterocycles. The molecule has 320 valence electrons. The summed E-state index contributed by atoms with van der Waals surface area (Å²) < 4.78 is 24.0. The maximum absolute atomic E-state index is 14.2. The van der Waals surface area contributed by atoms with Gasteiger partial charge in [0.1, 0.15) is 30.0 Å². The summed E-state index contributed by atoms with van der Waals surface area (Å²) >= 11 is 0. The Hall–Kier alpha value is -5.00. The molecule has 0 spiro atoms. The Labute approximate surface area is 346 Å². The lowest BCUT2D eigenvalue weighted by Crippen LogP contribution is -2.84. The second-order valence-electron chi connectivity index (χ2n) is 17.0. The number of fused-ring (bicyclic) bond motifs is 5. The van der Waals surface area contributed by atoms with Gasteiger partial charge >= 0.3 is 17.9 Å². The fraction of sp³-hybridized carbons (Fsp3) is 0.467. The number of hydrogen-bond acceptors (Lipinski definition) is 14. The molecule has 0 aromatic heterocycles. The molecule has 2 saturated carbocycles. The average molecular weight is 830 g/mol. The predicted octanol–water partition coefficient (Wildman–Crippen LogP) is 1.93. The third kappa shape index (κ3) is 6.63. The van der Waals surface area contributed by atoms with Gasteiger partial charge in [0.15, 0.2) is 17.8 Å². The molecule has 4 aliphatic rings. The van der Waals surface area contributed by atoms with E-state index in [1.807, 2.05) is 0 Å². The first-order chi connectivity index (χ1) is 28.3. The summed E-state index contributed by atoms with van der Waals surface area (Å²) in [6.45, 7) is 6.52. The van der Waals surface area contributed by atoms with Crippen molar-refractivity contribution < 1.29 is 68.8 Å². The topological polar surface area (TPSA) is 239 Å². The van der Waals surface area contributed by atoms with Crippen LogP contribution in [0.15, 0.2) is 102 Å². The molecule has 3 aromatic rings. The Balaban J connectivity index is 1.37. The van der Waals surface area contributed by atoms with E-state index in [2.05, 4.69) is 5.32 Å². The lowest BCUT2D eigenvalue weighted by atomic mass is 9.44. The molecule has 3 aliphatic carbocycles. The number of ether oxygens (including phenoxy) is 4. The zero-order chi connectivity index (χ0) is 43.5. The molecule has 0 unspecified atom stereocenters. The van der Waals surface area contributed by atoms with Gasteiger partial charge in [0, 0.05) is 29.7 Å². The molecule has 1 aliphatic heterocycles. The van der Waals surface area contributed by atoms with Gasteiger partial charge in [-0.25, -0.2) is 9.59 Å². The van der Waals surface area contributed by atoms with Crippen LogP contribution >= 0.6 is 0 Å². The first-order valence-corrected chi connectivity index (χ1v) is 19.8. The van der Waals surface area contributed by atoms with Gasteiger partial charge in [-0.3, -0.25) is 9.59 Å². The molecule has 3 aromatic carbocycles. The maximum atomic E-state index is 14.2. The van der Waals surface area contributed by atoms with E-state index in [1.165, 1.54) is 39.8 Å². The van der Waals surface area contributed by atoms with Crippen LogP contribution < -0.4 is 5.32 Å². The molecule has 3 fully saturated rings. The number of hydrogen-bond donors (Lipinski definition) is 7. The van der Waals surface area contributed by atoms with Crippen molar-refractivity contribution in [1.82, 2.24) is 5.32 Å². The highest BCUT2D eigenvalue weighted by Gasteiger charge is 2.79. The first-order valence-electron chi connectivity index (χ1n) is 19.8. The van der Waals surface area contributed by atoms with Crippen molar-refractivity contribution in [2.75, 3.05) is 6.61 Å². The van der Waals surface area contributed by atoms with E-state index in [0.29, 0.717) is 5.56 Å². The summed E-state index contributed by atoms with van der Waals surface area (Å²) in [5.41, 5.74) is -7.92. The van der Waals surface area contributed by atoms with Gasteiger partial charge in [0.2, 0.25) is 0 Å². The number of rotatable bonds is 9. The highest BCUT2D eigenvalue weighted by molar-refractivity contribution is 5.95. The zero-order valence-corrected chi connectivity index (χ0v) is 33.8. The predicted molar refractivity (Wildman–Crippen MR) is 211 cm³/mol. The highest BCUT2D eigenvalue weighted by atomic mass is 16.6. The smallest absolute Gasteiger partial charge is 0.338 e. The van der Waals surface area contributed by atoms with Crippen LogP contribution in [0.2, 0.25) is 0 Å². The summed E-state index contributed by atoms with van der Waals surface area (Å²) in [4.78, 5) is 54.7. The molecular formula is C45H51NO14. The van der Waals surface area contributed by atoms with Crippen molar-refractivity contribution in [3.8, 4) is 0 Å². The van der Waals surface area contributed by atoms with Crippen molar-refractivity contribution in [3.05, 3.63) is 119 Å². The van der Waals surface area contributed by atoms with Crippen LogP contribution in [0.25, 0.3) is 0 Å². The van der Waals surface area contributed by atoms with Gasteiger partial charge in [-0.15, -0.1) is 0 Å². The summed E-state index contributed by atoms with van der Waals surface area (Å²) in [5, 5.41) is 77.2. The maximum Gasteiger partial charge on any atom is 0.338 e. The van der Waals surface area contributed by atoms with Crippen LogP contribution in [-0.4, -0.2) is 121 Å². The molecule has 13 atom stereocenters. The molecule has 15 nitrogen and oxygen atoms in total. The average Bonchev–Trinajstić information content (AvgIpc) is 3.23. The number of carbonyl (C=O) groups excluding carboxylic acids is 4. The van der Waals surface area contributed by atoms with Gasteiger partial charge in [0.05, 0.1) is 36.3 Å². The van der Waals surface area contributed by atoms with E-state index >= 15 is 0 Å². The minimum Gasteiger partial charge on any atom is -0.455 e. The van der Waals surface area contributed by atoms with Crippen molar-refractivity contribution in [1.29, 1.82) is 0 Å². The second-order valence-corrected chi connectivity index (χ2v) is 17.0. The molecule has 1 amide bonds. The SMILES string of the molecule is CC(=O)O[C@@]12CO[C@@H]1C[C@H](O)[C@@]1(C)[C@H](O)[C@H](O)C3=C(C)[C@@H](OC(=O)[C@H](O)[C@@H](NC(=O)c4ccccc4)c4ccccc4)[C@H](O)[C@@](O)([C@@H](OC(=O)c4ccccc4)[C@H]21)C3(C)C. The molecular weight excluding hydrogens is 778 g/mol. The Bertz CT molecular complexity index is 2150. The van der Waals surface area contributed by atoms with Gasteiger partial charge in [0.25, 0.3) is 5.91 Å². The Morgan fingerprint density at radius 2 is 1.38 bits per heavy atom. The number of esters is 3. The van der Waals surface area contributed by atoms with E-state index in [4.69, 9.17) is 18.9 Å². The van der Waals surface area contributed by atoms with Crippen molar-refractivity contribution in [2.24, 2.45) is 16.7 Å². The number of aliphatic hydroxyl groups is 6. The summed E-state index contributed by atoms with van der Waals surface area (Å²) in [6, 6.07) is 22.5. The quantitative estimate of drug-likeness (QED) is 0.0928. The number of amides is 1. The minimum atomic E-state index is -2.79. The van der Waals surface area contributed by atoms with Crippen LogP contribution in [0.5, 0.6) is 0 Å². The zero-order valence-electron chi connectivity index (χ0n) is 33.8. The lowest BCUT2D eigenvalue weighted by Gasteiger charge is -2.69. The Morgan fingerprint density at radius 1 is 0.817 bits per heavy atom. The molecule has 0 radical (unpaired) electrons. The van der Waals surface area contributed by atoms with E-state index in [9.17, 15) is 49.8 Å². The number of carbonyl (C=O) groups is 4. The van der Waals surface area contributed by atoms with E-state index < -0.39 is 107 Å². The third-order valence-electron chi connectivity index (χ3n) is 13.5. The van der Waals surface area contributed by atoms with Crippen molar-refractivity contribution >= 4 is 23.8 Å². The summed E-state index contributed by atoms with van der Waals surface area (Å²) in [6.07, 6.45) is -14.8. The Morgan fingerprint density at radius 3 is 1.93 bits per heavy atom. The monoisotopic (exact) mass is 829 g/mol. The second kappa shape index (κ2) is 15.8. The van der Waals surface area contributed by atoms with Gasteiger partial charge in [-0.2, -0.15) is 0 Å². The number of benzene rings is 3. The molecule has 7 N–H and O–H groups in total. The normalized spacial score (nSPS) is 35.1. The molecule has 15 heteroatoms. The van der Waals surface area contributed by atoms with E-state index in [1.54, 1.807) is 78.9 Å². The standard InChI is InChI=1S/C45H51NO14/c1-23-30-32(49)36(51)43(5)28(48)21-29-44(22-57-29,60-24(2)47)35(43)38(59-40(54)27-19-13-8-14-20-27)45(56,42(30,3)4)37(52)34(23)58-41(55)33(50)31(25-15-9-6-10-16-25)46-39(53)26-17-11-7-12-18-26/h6-20,28-29,31-38,48-52,56H,21-22H2,1-5H3,(H,46,53)/t28-,29+,31-,32+,33+,34+,35-,36+,37-,38-,43+,44-,45+/m0/s1. The molecule has 2 bridgehead atoms. The van der Waals surface area contributed by atoms with Crippen LogP contribution in [0.1, 0.15) is 73.4 Å². The Kier molecular flexibility index (Phi) is 11.3. The summed E-state index contributed by atoms with van der Waals surface area (Å²) in [5.74, 6) is -5.36. The van der Waals surface area contributed by atoms with Crippen LogP contribution in [0, 0.1) is 16.7 Å². The fourth-order valence-corrected chi connectivity index (χ4v) is 10.3. The van der Waals surface area contributed by atoms with Crippen LogP contribution in [0.4, 0.5) is 0 Å². The van der Waals surface area contributed by atoms with Crippen molar-refractivity contribution in [2.45, 2.75) is 107 Å². The molecule has 60 heavy (non-hydrogen) atoms. The van der Waals surface area contributed by atoms with Gasteiger partial charge < -0.3 is 54.9 Å². The van der Waals surface area contributed by atoms with E-state index in [-0.39, 0.29) is 35.3 Å². The van der Waals surface area contributed by atoms with Gasteiger partial charge in [-0.1, -0.05) is 87.5 Å². The summed E-state index contributed by atoms with van der Waals surface area (Å²) in [7, 11) is 0. The minimum absolute atomic E-state index is 0.0195. The first kappa shape index (κ1) is 43.1. The molecule has 7 rings (SSSR count).